The number of likely N-dealkylation sites (N-methyl/N-ethyl adjacent to an activating group) is 1. The molecule has 0 saturated carbocycles. The number of rotatable bonds is 10. The van der Waals surface area contributed by atoms with Gasteiger partial charge < -0.3 is 15.1 Å². The monoisotopic (exact) mass is 355 g/mol. The molecule has 1 atom stereocenters. The van der Waals surface area contributed by atoms with Crippen LogP contribution in [0.15, 0.2) is 28.7 Å². The summed E-state index contributed by atoms with van der Waals surface area (Å²) in [5, 5.41) is 3.45. The Hall–Kier alpha value is -0.420. The molecule has 3 nitrogen and oxygen atoms in total. The normalized spacial score (nSPS) is 13.1. The summed E-state index contributed by atoms with van der Waals surface area (Å²) in [6, 6.07) is 9.03. The van der Waals surface area contributed by atoms with Crippen molar-refractivity contribution < 1.29 is 0 Å². The molecular formula is C17H30BrN3. The fourth-order valence-electron chi connectivity index (χ4n) is 2.51. The van der Waals surface area contributed by atoms with Crippen LogP contribution in [0.5, 0.6) is 0 Å². The standard InChI is InChI=1S/C17H30BrN3/c1-5-10-21(13-12-20(3)4)11-9-17(19-2)15-7-6-8-16(18)14-15/h6-8,14,17,19H,5,9-13H2,1-4H3. The van der Waals surface area contributed by atoms with E-state index in [9.17, 15) is 0 Å². The van der Waals surface area contributed by atoms with Crippen molar-refractivity contribution in [2.75, 3.05) is 47.3 Å². The van der Waals surface area contributed by atoms with Crippen molar-refractivity contribution in [3.05, 3.63) is 34.3 Å². The van der Waals surface area contributed by atoms with Crippen molar-refractivity contribution in [3.63, 3.8) is 0 Å². The summed E-state index contributed by atoms with van der Waals surface area (Å²) in [5.41, 5.74) is 1.36. The third-order valence-corrected chi connectivity index (χ3v) is 4.23. The molecule has 120 valence electrons. The molecule has 0 radical (unpaired) electrons. The lowest BCUT2D eigenvalue weighted by atomic mass is 10.0. The number of nitrogens with one attached hydrogen (secondary N) is 1. The highest BCUT2D eigenvalue weighted by Crippen LogP contribution is 2.20. The minimum atomic E-state index is 0.418. The van der Waals surface area contributed by atoms with E-state index in [0.29, 0.717) is 6.04 Å². The molecule has 4 heteroatoms. The third kappa shape index (κ3) is 7.41. The minimum Gasteiger partial charge on any atom is -0.313 e. The first-order valence-electron chi connectivity index (χ1n) is 7.86. The van der Waals surface area contributed by atoms with E-state index >= 15 is 0 Å². The molecule has 0 bridgehead atoms. The zero-order valence-corrected chi connectivity index (χ0v) is 15.5. The van der Waals surface area contributed by atoms with Crippen molar-refractivity contribution >= 4 is 15.9 Å². The van der Waals surface area contributed by atoms with Crippen molar-refractivity contribution in [1.29, 1.82) is 0 Å². The predicted molar refractivity (Wildman–Crippen MR) is 95.8 cm³/mol. The first kappa shape index (κ1) is 18.6. The van der Waals surface area contributed by atoms with Gasteiger partial charge in [-0.15, -0.1) is 0 Å². The molecule has 0 fully saturated rings. The van der Waals surface area contributed by atoms with Crippen molar-refractivity contribution in [3.8, 4) is 0 Å². The molecule has 0 aliphatic heterocycles. The maximum atomic E-state index is 3.56. The zero-order chi connectivity index (χ0) is 15.7. The Morgan fingerprint density at radius 1 is 1.14 bits per heavy atom. The van der Waals surface area contributed by atoms with Crippen LogP contribution in [0.1, 0.15) is 31.4 Å². The molecule has 1 rings (SSSR count). The Morgan fingerprint density at radius 2 is 1.90 bits per heavy atom. The Bertz CT molecular complexity index is 395. The molecule has 0 spiro atoms. The lowest BCUT2D eigenvalue weighted by Crippen LogP contribution is -2.34. The number of nitrogens with zero attached hydrogens (tertiary/aromatic N) is 2. The van der Waals surface area contributed by atoms with Gasteiger partial charge in [0.25, 0.3) is 0 Å². The van der Waals surface area contributed by atoms with Gasteiger partial charge in [0.1, 0.15) is 0 Å². The Balaban J connectivity index is 2.54. The molecule has 0 amide bonds. The van der Waals surface area contributed by atoms with Crippen LogP contribution in [-0.2, 0) is 0 Å². The molecule has 1 aromatic rings. The summed E-state index contributed by atoms with van der Waals surface area (Å²) >= 11 is 3.56. The van der Waals surface area contributed by atoms with E-state index < -0.39 is 0 Å². The lowest BCUT2D eigenvalue weighted by Gasteiger charge is -2.26. The predicted octanol–water partition coefficient (Wildman–Crippen LogP) is 3.37. The Kier molecular flexibility index (Phi) is 9.16. The molecule has 0 heterocycles. The van der Waals surface area contributed by atoms with Gasteiger partial charge in [-0.1, -0.05) is 35.0 Å². The second-order valence-corrected chi connectivity index (χ2v) is 6.75. The fourth-order valence-corrected chi connectivity index (χ4v) is 2.92. The van der Waals surface area contributed by atoms with E-state index in [1.54, 1.807) is 0 Å². The number of halogens is 1. The van der Waals surface area contributed by atoms with Crippen molar-refractivity contribution in [2.24, 2.45) is 0 Å². The third-order valence-electron chi connectivity index (χ3n) is 3.74. The summed E-state index contributed by atoms with van der Waals surface area (Å²) in [7, 11) is 6.33. The van der Waals surface area contributed by atoms with E-state index in [0.717, 1.165) is 30.5 Å². The van der Waals surface area contributed by atoms with E-state index in [2.05, 4.69) is 83.4 Å². The van der Waals surface area contributed by atoms with Gasteiger partial charge in [0.05, 0.1) is 0 Å². The Morgan fingerprint density at radius 3 is 2.48 bits per heavy atom. The first-order valence-corrected chi connectivity index (χ1v) is 8.66. The van der Waals surface area contributed by atoms with Crippen LogP contribution in [0.2, 0.25) is 0 Å². The van der Waals surface area contributed by atoms with E-state index in [4.69, 9.17) is 0 Å². The smallest absolute Gasteiger partial charge is 0.0330 e. The lowest BCUT2D eigenvalue weighted by molar-refractivity contribution is 0.230. The summed E-state index contributed by atoms with van der Waals surface area (Å²) in [6.45, 7) is 6.85. The largest absolute Gasteiger partial charge is 0.313 e. The molecule has 1 unspecified atom stereocenters. The first-order chi connectivity index (χ1) is 10.1. The Labute approximate surface area is 138 Å². The highest BCUT2D eigenvalue weighted by Gasteiger charge is 2.12. The average Bonchev–Trinajstić information content (AvgIpc) is 2.45. The number of benzene rings is 1. The van der Waals surface area contributed by atoms with E-state index in [1.807, 2.05) is 0 Å². The molecule has 0 aliphatic rings. The van der Waals surface area contributed by atoms with Crippen LogP contribution < -0.4 is 5.32 Å². The van der Waals surface area contributed by atoms with Gasteiger partial charge in [-0.25, -0.2) is 0 Å². The summed E-state index contributed by atoms with van der Waals surface area (Å²) in [6.07, 6.45) is 2.36. The zero-order valence-electron chi connectivity index (χ0n) is 13.9. The van der Waals surface area contributed by atoms with Gasteiger partial charge in [0, 0.05) is 23.6 Å². The highest BCUT2D eigenvalue weighted by atomic mass is 79.9. The molecular weight excluding hydrogens is 326 g/mol. The van der Waals surface area contributed by atoms with Crippen LogP contribution in [0.4, 0.5) is 0 Å². The maximum absolute atomic E-state index is 3.56. The molecule has 0 aromatic heterocycles. The molecule has 21 heavy (non-hydrogen) atoms. The van der Waals surface area contributed by atoms with Crippen LogP contribution in [0.25, 0.3) is 0 Å². The summed E-state index contributed by atoms with van der Waals surface area (Å²) < 4.78 is 1.15. The topological polar surface area (TPSA) is 18.5 Å². The number of hydrogen-bond donors (Lipinski definition) is 1. The van der Waals surface area contributed by atoms with Gasteiger partial charge >= 0.3 is 0 Å². The molecule has 0 saturated heterocycles. The van der Waals surface area contributed by atoms with E-state index in [1.165, 1.54) is 18.5 Å². The second-order valence-electron chi connectivity index (χ2n) is 5.83. The molecule has 0 aliphatic carbocycles. The molecule has 1 N–H and O–H groups in total. The SMILES string of the molecule is CCCN(CCC(NC)c1cccc(Br)c1)CCN(C)C. The minimum absolute atomic E-state index is 0.418. The van der Waals surface area contributed by atoms with Crippen molar-refractivity contribution in [2.45, 2.75) is 25.8 Å². The van der Waals surface area contributed by atoms with Crippen LogP contribution in [0.3, 0.4) is 0 Å². The quantitative estimate of drug-likeness (QED) is 0.693. The van der Waals surface area contributed by atoms with E-state index in [-0.39, 0.29) is 0 Å². The number of hydrogen-bond acceptors (Lipinski definition) is 3. The molecule has 1 aromatic carbocycles. The van der Waals surface area contributed by atoms with Crippen LogP contribution >= 0.6 is 15.9 Å². The van der Waals surface area contributed by atoms with Gasteiger partial charge in [-0.05, 0) is 64.8 Å². The highest BCUT2D eigenvalue weighted by molar-refractivity contribution is 9.10. The maximum Gasteiger partial charge on any atom is 0.0330 e. The van der Waals surface area contributed by atoms with Gasteiger partial charge in [-0.2, -0.15) is 0 Å². The van der Waals surface area contributed by atoms with Gasteiger partial charge in [0.2, 0.25) is 0 Å². The van der Waals surface area contributed by atoms with Crippen molar-refractivity contribution in [1.82, 2.24) is 15.1 Å². The van der Waals surface area contributed by atoms with Gasteiger partial charge in [0.15, 0.2) is 0 Å². The van der Waals surface area contributed by atoms with Crippen LogP contribution in [-0.4, -0.2) is 57.1 Å². The second kappa shape index (κ2) is 10.3. The summed E-state index contributed by atoms with van der Waals surface area (Å²) in [4.78, 5) is 4.83. The fraction of sp³-hybridized carbons (Fsp3) is 0.647. The average molecular weight is 356 g/mol. The van der Waals surface area contributed by atoms with Crippen LogP contribution in [0, 0.1) is 0 Å². The summed E-state index contributed by atoms with van der Waals surface area (Å²) in [5.74, 6) is 0. The van der Waals surface area contributed by atoms with Gasteiger partial charge in [-0.3, -0.25) is 0 Å².